The van der Waals surface area contributed by atoms with Gasteiger partial charge in [-0.15, -0.1) is 0 Å². The van der Waals surface area contributed by atoms with Gasteiger partial charge in [-0.2, -0.15) is 0 Å². The van der Waals surface area contributed by atoms with Crippen LogP contribution in [0.3, 0.4) is 0 Å². The molecule has 1 atom stereocenters. The lowest BCUT2D eigenvalue weighted by Crippen LogP contribution is -2.43. The van der Waals surface area contributed by atoms with E-state index in [2.05, 4.69) is 26.6 Å². The highest BCUT2D eigenvalue weighted by Crippen LogP contribution is 2.27. The number of aryl methyl sites for hydroxylation is 1. The zero-order valence-corrected chi connectivity index (χ0v) is 19.4. The Hall–Kier alpha value is -2.96. The van der Waals surface area contributed by atoms with Crippen molar-refractivity contribution in [2.75, 3.05) is 24.2 Å². The van der Waals surface area contributed by atoms with Gasteiger partial charge in [-0.3, -0.25) is 14.5 Å². The third-order valence-electron chi connectivity index (χ3n) is 5.17. The maximum Gasteiger partial charge on any atom is 0.241 e. The molecule has 0 aromatic heterocycles. The molecule has 2 amide bonds. The average Bonchev–Trinajstić information content (AvgIpc) is 2.76. The summed E-state index contributed by atoms with van der Waals surface area (Å²) in [6, 6.07) is 22.8. The van der Waals surface area contributed by atoms with Gasteiger partial charge in [0, 0.05) is 21.4 Å². The number of anilines is 2. The third kappa shape index (κ3) is 6.03. The van der Waals surface area contributed by atoms with Crippen LogP contribution in [0.2, 0.25) is 0 Å². The molecule has 0 aliphatic heterocycles. The van der Waals surface area contributed by atoms with Gasteiger partial charge < -0.3 is 10.6 Å². The smallest absolute Gasteiger partial charge is 0.241 e. The fourth-order valence-corrected chi connectivity index (χ4v) is 3.69. The average molecular weight is 480 g/mol. The van der Waals surface area contributed by atoms with Crippen LogP contribution < -0.4 is 10.6 Å². The van der Waals surface area contributed by atoms with Gasteiger partial charge >= 0.3 is 0 Å². The second-order valence-electron chi connectivity index (χ2n) is 7.50. The summed E-state index contributed by atoms with van der Waals surface area (Å²) in [6.45, 7) is 3.83. The van der Waals surface area contributed by atoms with Crippen molar-refractivity contribution < 1.29 is 9.59 Å². The topological polar surface area (TPSA) is 61.4 Å². The van der Waals surface area contributed by atoms with Gasteiger partial charge in [0.25, 0.3) is 0 Å². The van der Waals surface area contributed by atoms with E-state index in [0.717, 1.165) is 32.5 Å². The Morgan fingerprint density at radius 3 is 2.32 bits per heavy atom. The number of rotatable bonds is 7. The van der Waals surface area contributed by atoms with Crippen molar-refractivity contribution in [1.29, 1.82) is 0 Å². The van der Waals surface area contributed by atoms with Crippen LogP contribution in [0.4, 0.5) is 11.4 Å². The molecule has 5 nitrogen and oxygen atoms in total. The molecule has 0 aliphatic rings. The normalized spacial score (nSPS) is 11.8. The third-order valence-corrected chi connectivity index (χ3v) is 5.66. The molecule has 0 saturated carbocycles. The molecule has 0 radical (unpaired) electrons. The first-order valence-corrected chi connectivity index (χ1v) is 10.9. The molecule has 31 heavy (non-hydrogen) atoms. The molecule has 1 unspecified atom stereocenters. The SMILES string of the molecule is Cc1cc(Br)ccc1NC(=O)CN(C)C(C)C(=O)Nc1ccccc1-c1ccccc1. The Kier molecular flexibility index (Phi) is 7.60. The lowest BCUT2D eigenvalue weighted by atomic mass is 10.0. The predicted molar refractivity (Wildman–Crippen MR) is 130 cm³/mol. The van der Waals surface area contributed by atoms with E-state index in [1.165, 1.54) is 0 Å². The first kappa shape index (κ1) is 22.7. The summed E-state index contributed by atoms with van der Waals surface area (Å²) in [4.78, 5) is 27.1. The summed E-state index contributed by atoms with van der Waals surface area (Å²) in [7, 11) is 1.77. The highest BCUT2D eigenvalue weighted by molar-refractivity contribution is 9.10. The van der Waals surface area contributed by atoms with Gasteiger partial charge in [0.1, 0.15) is 0 Å². The highest BCUT2D eigenvalue weighted by atomic mass is 79.9. The number of hydrogen-bond donors (Lipinski definition) is 2. The molecule has 0 aliphatic carbocycles. The van der Waals surface area contributed by atoms with E-state index in [1.807, 2.05) is 79.7 Å². The zero-order valence-electron chi connectivity index (χ0n) is 17.9. The molecule has 3 aromatic carbocycles. The van der Waals surface area contributed by atoms with Crippen LogP contribution in [0, 0.1) is 6.92 Å². The summed E-state index contributed by atoms with van der Waals surface area (Å²) in [6.07, 6.45) is 0. The predicted octanol–water partition coefficient (Wildman–Crippen LogP) is 5.32. The maximum absolute atomic E-state index is 12.9. The summed E-state index contributed by atoms with van der Waals surface area (Å²) >= 11 is 3.42. The van der Waals surface area contributed by atoms with Gasteiger partial charge in [0.05, 0.1) is 12.6 Å². The van der Waals surface area contributed by atoms with Gasteiger partial charge in [0.15, 0.2) is 0 Å². The molecule has 0 spiro atoms. The minimum absolute atomic E-state index is 0.102. The Balaban J connectivity index is 1.63. The second-order valence-corrected chi connectivity index (χ2v) is 8.42. The van der Waals surface area contributed by atoms with Crippen LogP contribution in [-0.2, 0) is 9.59 Å². The van der Waals surface area contributed by atoms with Gasteiger partial charge in [0.2, 0.25) is 11.8 Å². The number of nitrogens with zero attached hydrogens (tertiary/aromatic N) is 1. The zero-order chi connectivity index (χ0) is 22.4. The standard InChI is InChI=1S/C25H26BrN3O2/c1-17-15-20(26)13-14-22(17)27-24(30)16-29(3)18(2)25(31)28-23-12-8-7-11-21(23)19-9-5-4-6-10-19/h4-15,18H,16H2,1-3H3,(H,27,30)(H,28,31). The molecule has 160 valence electrons. The number of amides is 2. The Morgan fingerprint density at radius 2 is 1.61 bits per heavy atom. The van der Waals surface area contributed by atoms with E-state index in [9.17, 15) is 9.59 Å². The minimum Gasteiger partial charge on any atom is -0.325 e. The van der Waals surface area contributed by atoms with E-state index >= 15 is 0 Å². The fourth-order valence-electron chi connectivity index (χ4n) is 3.22. The number of benzene rings is 3. The van der Waals surface area contributed by atoms with E-state index in [1.54, 1.807) is 18.9 Å². The number of halogens is 1. The number of carbonyl (C=O) groups is 2. The van der Waals surface area contributed by atoms with Gasteiger partial charge in [-0.25, -0.2) is 0 Å². The van der Waals surface area contributed by atoms with Crippen LogP contribution in [0.5, 0.6) is 0 Å². The van der Waals surface area contributed by atoms with Crippen LogP contribution in [0.15, 0.2) is 77.3 Å². The van der Waals surface area contributed by atoms with Crippen LogP contribution >= 0.6 is 15.9 Å². The molecular formula is C25H26BrN3O2. The number of nitrogens with one attached hydrogen (secondary N) is 2. The Morgan fingerprint density at radius 1 is 0.935 bits per heavy atom. The lowest BCUT2D eigenvalue weighted by Gasteiger charge is -2.24. The Bertz CT molecular complexity index is 1070. The van der Waals surface area contributed by atoms with Crippen molar-refractivity contribution in [2.24, 2.45) is 0 Å². The minimum atomic E-state index is -0.486. The Labute approximate surface area is 191 Å². The number of carbonyl (C=O) groups excluding carboxylic acids is 2. The largest absolute Gasteiger partial charge is 0.325 e. The highest BCUT2D eigenvalue weighted by Gasteiger charge is 2.21. The van der Waals surface area contributed by atoms with Crippen molar-refractivity contribution in [1.82, 2.24) is 4.90 Å². The summed E-state index contributed by atoms with van der Waals surface area (Å²) < 4.78 is 0.959. The van der Waals surface area contributed by atoms with Crippen molar-refractivity contribution in [3.63, 3.8) is 0 Å². The molecular weight excluding hydrogens is 454 g/mol. The summed E-state index contributed by atoms with van der Waals surface area (Å²) in [5, 5.41) is 5.92. The molecule has 3 aromatic rings. The quantitative estimate of drug-likeness (QED) is 0.481. The van der Waals surface area contributed by atoms with Crippen LogP contribution in [0.1, 0.15) is 12.5 Å². The van der Waals surface area contributed by atoms with Crippen molar-refractivity contribution in [3.8, 4) is 11.1 Å². The number of hydrogen-bond acceptors (Lipinski definition) is 3. The van der Waals surface area contributed by atoms with Crippen molar-refractivity contribution in [3.05, 3.63) is 82.8 Å². The van der Waals surface area contributed by atoms with Crippen molar-refractivity contribution in [2.45, 2.75) is 19.9 Å². The maximum atomic E-state index is 12.9. The van der Waals surface area contributed by atoms with Crippen molar-refractivity contribution >= 4 is 39.1 Å². The fraction of sp³-hybridized carbons (Fsp3) is 0.200. The molecule has 3 rings (SSSR count). The first-order chi connectivity index (χ1) is 14.8. The molecule has 0 fully saturated rings. The summed E-state index contributed by atoms with van der Waals surface area (Å²) in [5.41, 5.74) is 4.46. The lowest BCUT2D eigenvalue weighted by molar-refractivity contribution is -0.122. The monoisotopic (exact) mass is 479 g/mol. The molecule has 0 saturated heterocycles. The van der Waals surface area contributed by atoms with E-state index in [4.69, 9.17) is 0 Å². The summed E-state index contributed by atoms with van der Waals surface area (Å²) in [5.74, 6) is -0.337. The number of likely N-dealkylation sites (N-methyl/N-ethyl adjacent to an activating group) is 1. The van der Waals surface area contributed by atoms with Gasteiger partial charge in [-0.05, 0) is 56.3 Å². The van der Waals surface area contributed by atoms with Crippen LogP contribution in [-0.4, -0.2) is 36.3 Å². The van der Waals surface area contributed by atoms with E-state index in [-0.39, 0.29) is 18.4 Å². The molecule has 0 bridgehead atoms. The molecule has 0 heterocycles. The van der Waals surface area contributed by atoms with Gasteiger partial charge in [-0.1, -0.05) is 64.5 Å². The molecule has 6 heteroatoms. The number of para-hydroxylation sites is 1. The first-order valence-electron chi connectivity index (χ1n) is 10.1. The van der Waals surface area contributed by atoms with Crippen LogP contribution in [0.25, 0.3) is 11.1 Å². The van der Waals surface area contributed by atoms with E-state index in [0.29, 0.717) is 0 Å². The van der Waals surface area contributed by atoms with E-state index < -0.39 is 6.04 Å². The molecule has 2 N–H and O–H groups in total. The second kappa shape index (κ2) is 10.4.